The van der Waals surface area contributed by atoms with E-state index in [2.05, 4.69) is 5.32 Å². The van der Waals surface area contributed by atoms with Crippen LogP contribution < -0.4 is 5.32 Å². The Balaban J connectivity index is 3.82. The summed E-state index contributed by atoms with van der Waals surface area (Å²) >= 11 is 1.94. The van der Waals surface area contributed by atoms with Crippen LogP contribution in [0.5, 0.6) is 0 Å². The van der Waals surface area contributed by atoms with Gasteiger partial charge in [-0.05, 0) is 26.7 Å². The van der Waals surface area contributed by atoms with Gasteiger partial charge in [0.2, 0.25) is 7.37 Å². The first kappa shape index (κ1) is 18.7. The van der Waals surface area contributed by atoms with Crippen LogP contribution in [0.4, 0.5) is 4.79 Å². The van der Waals surface area contributed by atoms with Crippen LogP contribution in [-0.2, 0) is 13.8 Å². The monoisotopic (exact) mass is 409 g/mol. The average Bonchev–Trinajstić information content (AvgIpc) is 2.36. The minimum atomic E-state index is -2.65. The third kappa shape index (κ3) is 9.61. The smallest absolute Gasteiger partial charge is 0.289 e. The van der Waals surface area contributed by atoms with Crippen LogP contribution in [0.25, 0.3) is 0 Å². The molecule has 0 radical (unpaired) electrons. The predicted octanol–water partition coefficient (Wildman–Crippen LogP) is 3.87. The number of carbonyl (C=O) groups excluding carboxylic acids is 1. The third-order valence-electron chi connectivity index (χ3n) is 2.12. The average molecular weight is 409 g/mol. The summed E-state index contributed by atoms with van der Waals surface area (Å²) in [5.74, 6) is 0. The summed E-state index contributed by atoms with van der Waals surface area (Å²) in [6.07, 6.45) is 2.25. The van der Waals surface area contributed by atoms with Gasteiger partial charge in [-0.25, -0.2) is 0 Å². The number of carbonyl (C=O) groups is 1. The van der Waals surface area contributed by atoms with E-state index in [0.717, 1.165) is 21.8 Å². The van der Waals surface area contributed by atoms with Crippen molar-refractivity contribution in [2.45, 2.75) is 26.7 Å². The molecule has 0 aromatic heterocycles. The molecule has 18 heavy (non-hydrogen) atoms. The van der Waals surface area contributed by atoms with Crippen LogP contribution >= 0.6 is 37.5 Å². The number of hydrogen-bond donors (Lipinski definition) is 1. The molecule has 1 atom stereocenters. The maximum absolute atomic E-state index is 12.3. The number of unbranched alkanes of at least 4 members (excludes halogenated alkanes) is 1. The highest BCUT2D eigenvalue weighted by molar-refractivity contribution is 14.2. The second-order valence-electron chi connectivity index (χ2n) is 3.58. The SMILES string of the molecule is CCOCP(=O)(CCCCNC(=O)SI)OCC. The second kappa shape index (κ2) is 11.5. The predicted molar refractivity (Wildman–Crippen MR) is 84.8 cm³/mol. The molecule has 0 aromatic rings. The third-order valence-corrected chi connectivity index (χ3v) is 5.91. The molecule has 1 amide bonds. The molecular formula is C10H21INO4PS. The molecule has 0 spiro atoms. The largest absolute Gasteiger partial charge is 0.372 e. The lowest BCUT2D eigenvalue weighted by atomic mass is 10.3. The number of amides is 1. The Morgan fingerprint density at radius 3 is 2.61 bits per heavy atom. The van der Waals surface area contributed by atoms with Gasteiger partial charge >= 0.3 is 0 Å². The van der Waals surface area contributed by atoms with E-state index in [0.29, 0.717) is 25.9 Å². The Hall–Kier alpha value is 0.700. The fraction of sp³-hybridized carbons (Fsp3) is 0.900. The first-order valence-electron chi connectivity index (χ1n) is 5.94. The van der Waals surface area contributed by atoms with E-state index in [1.165, 1.54) is 0 Å². The van der Waals surface area contributed by atoms with Gasteiger partial charge < -0.3 is 14.6 Å². The van der Waals surface area contributed by atoms with Gasteiger partial charge in [0.1, 0.15) is 6.35 Å². The van der Waals surface area contributed by atoms with Crippen molar-refractivity contribution in [3.63, 3.8) is 0 Å². The van der Waals surface area contributed by atoms with Gasteiger partial charge in [0.25, 0.3) is 5.24 Å². The van der Waals surface area contributed by atoms with Crippen molar-refractivity contribution >= 4 is 42.7 Å². The first-order valence-corrected chi connectivity index (χ1v) is 11.3. The molecule has 0 aliphatic carbocycles. The molecule has 0 saturated carbocycles. The van der Waals surface area contributed by atoms with Crippen molar-refractivity contribution in [3.8, 4) is 0 Å². The van der Waals surface area contributed by atoms with Crippen LogP contribution in [0, 0.1) is 0 Å². The van der Waals surface area contributed by atoms with Gasteiger partial charge in [0, 0.05) is 49.5 Å². The Morgan fingerprint density at radius 1 is 1.33 bits per heavy atom. The van der Waals surface area contributed by atoms with Crippen molar-refractivity contribution in [2.75, 3.05) is 32.3 Å². The highest BCUT2D eigenvalue weighted by atomic mass is 127. The molecule has 0 aliphatic heterocycles. The Morgan fingerprint density at radius 2 is 2.06 bits per heavy atom. The molecule has 108 valence electrons. The molecule has 1 unspecified atom stereocenters. The standard InChI is InChI=1S/C10H21INO4PS/c1-3-15-9-17(14,16-4-2)8-6-5-7-12-10(13)18-11/h3-9H2,1-2H3,(H,12,13). The van der Waals surface area contributed by atoms with Crippen molar-refractivity contribution in [2.24, 2.45) is 0 Å². The number of halogens is 1. The van der Waals surface area contributed by atoms with Gasteiger partial charge in [-0.15, -0.1) is 0 Å². The van der Waals surface area contributed by atoms with Crippen LogP contribution in [0.2, 0.25) is 0 Å². The van der Waals surface area contributed by atoms with E-state index < -0.39 is 7.37 Å². The van der Waals surface area contributed by atoms with Crippen LogP contribution in [0.3, 0.4) is 0 Å². The van der Waals surface area contributed by atoms with Crippen molar-refractivity contribution in [1.29, 1.82) is 0 Å². The fourth-order valence-electron chi connectivity index (χ4n) is 1.33. The zero-order valence-electron chi connectivity index (χ0n) is 10.8. The molecule has 0 aromatic carbocycles. The van der Waals surface area contributed by atoms with Crippen LogP contribution in [-0.4, -0.2) is 37.5 Å². The summed E-state index contributed by atoms with van der Waals surface area (Å²) in [6.45, 7) is 5.28. The van der Waals surface area contributed by atoms with E-state index in [1.807, 2.05) is 35.1 Å². The molecule has 0 bridgehead atoms. The molecule has 0 saturated heterocycles. The first-order chi connectivity index (χ1) is 8.58. The lowest BCUT2D eigenvalue weighted by molar-refractivity contribution is 0.175. The summed E-state index contributed by atoms with van der Waals surface area (Å²) in [7, 11) is -1.52. The minimum Gasteiger partial charge on any atom is -0.372 e. The zero-order chi connectivity index (χ0) is 13.9. The molecule has 0 fully saturated rings. The molecule has 5 nitrogen and oxygen atoms in total. The highest BCUT2D eigenvalue weighted by Crippen LogP contribution is 2.47. The zero-order valence-corrected chi connectivity index (χ0v) is 14.7. The van der Waals surface area contributed by atoms with Crippen molar-refractivity contribution in [1.82, 2.24) is 5.32 Å². The quantitative estimate of drug-likeness (QED) is 0.337. The maximum atomic E-state index is 12.3. The van der Waals surface area contributed by atoms with E-state index >= 15 is 0 Å². The van der Waals surface area contributed by atoms with Gasteiger partial charge in [-0.1, -0.05) is 0 Å². The topological polar surface area (TPSA) is 64.6 Å². The van der Waals surface area contributed by atoms with Crippen LogP contribution in [0.15, 0.2) is 0 Å². The van der Waals surface area contributed by atoms with Crippen molar-refractivity contribution < 1.29 is 18.6 Å². The second-order valence-corrected chi connectivity index (χ2v) is 8.02. The number of rotatable bonds is 10. The maximum Gasteiger partial charge on any atom is 0.289 e. The summed E-state index contributed by atoms with van der Waals surface area (Å²) < 4.78 is 22.8. The summed E-state index contributed by atoms with van der Waals surface area (Å²) in [4.78, 5) is 11.0. The molecule has 0 aliphatic rings. The Bertz CT molecular complexity index is 281. The Labute approximate surface area is 125 Å². The van der Waals surface area contributed by atoms with E-state index in [9.17, 15) is 9.36 Å². The van der Waals surface area contributed by atoms with Gasteiger partial charge in [0.05, 0.1) is 6.61 Å². The summed E-state index contributed by atoms with van der Waals surface area (Å²) in [5, 5.41) is 2.70. The number of nitrogens with one attached hydrogen (secondary N) is 1. The summed E-state index contributed by atoms with van der Waals surface area (Å²) in [6, 6.07) is 0. The van der Waals surface area contributed by atoms with Gasteiger partial charge in [-0.2, -0.15) is 0 Å². The molecule has 0 heterocycles. The van der Waals surface area contributed by atoms with E-state index in [1.54, 1.807) is 0 Å². The number of hydrogen-bond acceptors (Lipinski definition) is 5. The minimum absolute atomic E-state index is 0.0436. The van der Waals surface area contributed by atoms with Gasteiger partial charge in [0.15, 0.2) is 0 Å². The lowest BCUT2D eigenvalue weighted by Crippen LogP contribution is -2.19. The van der Waals surface area contributed by atoms with Crippen molar-refractivity contribution in [3.05, 3.63) is 0 Å². The van der Waals surface area contributed by atoms with E-state index in [-0.39, 0.29) is 11.6 Å². The number of ether oxygens (including phenoxy) is 1. The van der Waals surface area contributed by atoms with Crippen LogP contribution in [0.1, 0.15) is 26.7 Å². The molecule has 8 heteroatoms. The molecular weight excluding hydrogens is 388 g/mol. The van der Waals surface area contributed by atoms with E-state index in [4.69, 9.17) is 9.26 Å². The lowest BCUT2D eigenvalue weighted by Gasteiger charge is -2.17. The molecule has 0 rings (SSSR count). The fourth-order valence-corrected chi connectivity index (χ4v) is 3.92. The highest BCUT2D eigenvalue weighted by Gasteiger charge is 2.22. The van der Waals surface area contributed by atoms with Gasteiger partial charge in [-0.3, -0.25) is 9.36 Å². The summed E-state index contributed by atoms with van der Waals surface area (Å²) in [5.41, 5.74) is 0. The molecule has 1 N–H and O–H groups in total. The normalized spacial score (nSPS) is 14.2. The Kier molecular flexibility index (Phi) is 12.0.